The van der Waals surface area contributed by atoms with Crippen LogP contribution in [-0.4, -0.2) is 24.5 Å². The molecule has 1 atom stereocenters. The van der Waals surface area contributed by atoms with Crippen molar-refractivity contribution < 1.29 is 4.79 Å². The summed E-state index contributed by atoms with van der Waals surface area (Å²) in [4.78, 5) is 11.6. The van der Waals surface area contributed by atoms with Gasteiger partial charge in [0.2, 0.25) is 5.91 Å². The summed E-state index contributed by atoms with van der Waals surface area (Å²) in [5.41, 5.74) is 1.17. The van der Waals surface area contributed by atoms with E-state index in [2.05, 4.69) is 10.6 Å². The Balaban J connectivity index is 2.29. The summed E-state index contributed by atoms with van der Waals surface area (Å²) in [6.07, 6.45) is 4.06. The summed E-state index contributed by atoms with van der Waals surface area (Å²) in [5, 5.41) is 6.03. The molecular formula is C15H22N2O. The fourth-order valence-electron chi connectivity index (χ4n) is 1.51. The summed E-state index contributed by atoms with van der Waals surface area (Å²) in [7, 11) is 0. The molecule has 0 aromatic heterocycles. The van der Waals surface area contributed by atoms with Gasteiger partial charge in [-0.05, 0) is 26.3 Å². The molecule has 1 aromatic carbocycles. The molecule has 98 valence electrons. The summed E-state index contributed by atoms with van der Waals surface area (Å²) >= 11 is 0. The normalized spacial score (nSPS) is 12.9. The Morgan fingerprint density at radius 1 is 1.22 bits per heavy atom. The van der Waals surface area contributed by atoms with Crippen molar-refractivity contribution in [2.45, 2.75) is 32.9 Å². The molecule has 0 heterocycles. The van der Waals surface area contributed by atoms with Crippen LogP contribution in [0.25, 0.3) is 6.08 Å². The molecule has 2 N–H and O–H groups in total. The molecule has 0 aliphatic rings. The van der Waals surface area contributed by atoms with E-state index in [0.29, 0.717) is 6.54 Å². The zero-order valence-electron chi connectivity index (χ0n) is 11.3. The lowest BCUT2D eigenvalue weighted by molar-refractivity contribution is -0.123. The Bertz CT molecular complexity index is 385. The number of nitrogens with one attached hydrogen (secondary N) is 2. The lowest BCUT2D eigenvalue weighted by atomic mass is 10.2. The Morgan fingerprint density at radius 2 is 1.89 bits per heavy atom. The molecule has 0 aliphatic carbocycles. The molecular weight excluding hydrogens is 224 g/mol. The molecule has 0 spiro atoms. The third-order valence-electron chi connectivity index (χ3n) is 2.48. The van der Waals surface area contributed by atoms with Gasteiger partial charge < -0.3 is 10.6 Å². The Labute approximate surface area is 109 Å². The van der Waals surface area contributed by atoms with Crippen LogP contribution >= 0.6 is 0 Å². The predicted octanol–water partition coefficient (Wildman–Crippen LogP) is 2.20. The van der Waals surface area contributed by atoms with Crippen LogP contribution in [0.4, 0.5) is 0 Å². The first kappa shape index (κ1) is 14.5. The van der Waals surface area contributed by atoms with E-state index >= 15 is 0 Å². The molecule has 3 heteroatoms. The molecule has 0 fully saturated rings. The number of carbonyl (C=O) groups is 1. The van der Waals surface area contributed by atoms with Crippen molar-refractivity contribution in [3.8, 4) is 0 Å². The lowest BCUT2D eigenvalue weighted by Gasteiger charge is -2.14. The molecule has 0 saturated heterocycles. The standard InChI is InChI=1S/C15H22N2O/c1-12(2)17-15(18)13(3)16-11-7-10-14-8-5-4-6-9-14/h4-10,12-13,16H,11H2,1-3H3,(H,17,18)/b10-7+. The predicted molar refractivity (Wildman–Crippen MR) is 76.2 cm³/mol. The fourth-order valence-corrected chi connectivity index (χ4v) is 1.51. The van der Waals surface area contributed by atoms with Crippen molar-refractivity contribution >= 4 is 12.0 Å². The van der Waals surface area contributed by atoms with E-state index in [1.165, 1.54) is 5.56 Å². The van der Waals surface area contributed by atoms with Gasteiger partial charge in [0.05, 0.1) is 6.04 Å². The van der Waals surface area contributed by atoms with E-state index < -0.39 is 0 Å². The summed E-state index contributed by atoms with van der Waals surface area (Å²) in [6, 6.07) is 10.1. The molecule has 0 bridgehead atoms. The highest BCUT2D eigenvalue weighted by atomic mass is 16.2. The third-order valence-corrected chi connectivity index (χ3v) is 2.48. The minimum Gasteiger partial charge on any atom is -0.353 e. The van der Waals surface area contributed by atoms with Crippen molar-refractivity contribution in [2.75, 3.05) is 6.54 Å². The minimum atomic E-state index is -0.173. The molecule has 0 saturated carbocycles. The summed E-state index contributed by atoms with van der Waals surface area (Å²) in [6.45, 7) is 6.47. The third kappa shape index (κ3) is 5.64. The zero-order valence-corrected chi connectivity index (χ0v) is 11.3. The maximum atomic E-state index is 11.6. The van der Waals surface area contributed by atoms with E-state index in [1.807, 2.05) is 63.3 Å². The van der Waals surface area contributed by atoms with E-state index in [0.717, 1.165) is 0 Å². The van der Waals surface area contributed by atoms with Crippen LogP contribution in [-0.2, 0) is 4.79 Å². The first-order chi connectivity index (χ1) is 8.59. The molecule has 18 heavy (non-hydrogen) atoms. The van der Waals surface area contributed by atoms with Crippen LogP contribution in [0.2, 0.25) is 0 Å². The maximum Gasteiger partial charge on any atom is 0.237 e. The van der Waals surface area contributed by atoms with Crippen molar-refractivity contribution in [1.29, 1.82) is 0 Å². The van der Waals surface area contributed by atoms with E-state index in [-0.39, 0.29) is 18.0 Å². The van der Waals surface area contributed by atoms with Gasteiger partial charge in [-0.15, -0.1) is 0 Å². The second kappa shape index (κ2) is 7.67. The van der Waals surface area contributed by atoms with Gasteiger partial charge in [-0.3, -0.25) is 4.79 Å². The van der Waals surface area contributed by atoms with E-state index in [1.54, 1.807) is 0 Å². The van der Waals surface area contributed by atoms with Crippen molar-refractivity contribution in [3.05, 3.63) is 42.0 Å². The molecule has 0 radical (unpaired) electrons. The number of rotatable bonds is 6. The van der Waals surface area contributed by atoms with Crippen molar-refractivity contribution in [3.63, 3.8) is 0 Å². The van der Waals surface area contributed by atoms with Crippen LogP contribution in [0, 0.1) is 0 Å². The van der Waals surface area contributed by atoms with Gasteiger partial charge in [0, 0.05) is 12.6 Å². The van der Waals surface area contributed by atoms with Gasteiger partial charge in [0.25, 0.3) is 0 Å². The lowest BCUT2D eigenvalue weighted by Crippen LogP contribution is -2.44. The zero-order chi connectivity index (χ0) is 13.4. The number of hydrogen-bond donors (Lipinski definition) is 2. The summed E-state index contributed by atoms with van der Waals surface area (Å²) in [5.74, 6) is 0.0399. The van der Waals surface area contributed by atoms with Crippen LogP contribution in [0.1, 0.15) is 26.3 Å². The van der Waals surface area contributed by atoms with Crippen LogP contribution in [0.5, 0.6) is 0 Å². The number of hydrogen-bond acceptors (Lipinski definition) is 2. The summed E-state index contributed by atoms with van der Waals surface area (Å²) < 4.78 is 0. The number of carbonyl (C=O) groups excluding carboxylic acids is 1. The largest absolute Gasteiger partial charge is 0.353 e. The highest BCUT2D eigenvalue weighted by molar-refractivity contribution is 5.81. The molecule has 1 amide bonds. The van der Waals surface area contributed by atoms with Crippen LogP contribution in [0.15, 0.2) is 36.4 Å². The SMILES string of the molecule is CC(C)NC(=O)C(C)NC/C=C/c1ccccc1. The molecule has 1 rings (SSSR count). The monoisotopic (exact) mass is 246 g/mol. The molecule has 1 aromatic rings. The highest BCUT2D eigenvalue weighted by Crippen LogP contribution is 2.00. The Morgan fingerprint density at radius 3 is 2.50 bits per heavy atom. The molecule has 3 nitrogen and oxygen atoms in total. The van der Waals surface area contributed by atoms with Crippen molar-refractivity contribution in [2.24, 2.45) is 0 Å². The highest BCUT2D eigenvalue weighted by Gasteiger charge is 2.11. The van der Waals surface area contributed by atoms with Gasteiger partial charge in [-0.1, -0.05) is 42.5 Å². The van der Waals surface area contributed by atoms with E-state index in [4.69, 9.17) is 0 Å². The number of amides is 1. The Kier molecular flexibility index (Phi) is 6.15. The van der Waals surface area contributed by atoms with Gasteiger partial charge in [-0.2, -0.15) is 0 Å². The quantitative estimate of drug-likeness (QED) is 0.808. The van der Waals surface area contributed by atoms with Gasteiger partial charge >= 0.3 is 0 Å². The fraction of sp³-hybridized carbons (Fsp3) is 0.400. The first-order valence-corrected chi connectivity index (χ1v) is 6.35. The second-order valence-electron chi connectivity index (χ2n) is 4.61. The van der Waals surface area contributed by atoms with Gasteiger partial charge in [0.15, 0.2) is 0 Å². The van der Waals surface area contributed by atoms with Crippen LogP contribution < -0.4 is 10.6 Å². The van der Waals surface area contributed by atoms with Crippen molar-refractivity contribution in [1.82, 2.24) is 10.6 Å². The van der Waals surface area contributed by atoms with Gasteiger partial charge in [-0.25, -0.2) is 0 Å². The van der Waals surface area contributed by atoms with Crippen LogP contribution in [0.3, 0.4) is 0 Å². The maximum absolute atomic E-state index is 11.6. The van der Waals surface area contributed by atoms with Gasteiger partial charge in [0.1, 0.15) is 0 Å². The number of benzene rings is 1. The average molecular weight is 246 g/mol. The molecule has 1 unspecified atom stereocenters. The van der Waals surface area contributed by atoms with E-state index in [9.17, 15) is 4.79 Å². The molecule has 0 aliphatic heterocycles. The second-order valence-corrected chi connectivity index (χ2v) is 4.61. The smallest absolute Gasteiger partial charge is 0.237 e. The minimum absolute atomic E-state index is 0.0399. The average Bonchev–Trinajstić information content (AvgIpc) is 2.34. The topological polar surface area (TPSA) is 41.1 Å². The first-order valence-electron chi connectivity index (χ1n) is 6.35. The Hall–Kier alpha value is -1.61.